The van der Waals surface area contributed by atoms with Gasteiger partial charge in [-0.05, 0) is 49.0 Å². The van der Waals surface area contributed by atoms with E-state index in [4.69, 9.17) is 11.6 Å². The van der Waals surface area contributed by atoms with Crippen LogP contribution in [0.25, 0.3) is 0 Å². The molecule has 0 radical (unpaired) electrons. The smallest absolute Gasteiger partial charge is 0.238 e. The Kier molecular flexibility index (Phi) is 8.11. The van der Waals surface area contributed by atoms with Crippen LogP contribution >= 0.6 is 11.6 Å². The van der Waals surface area contributed by atoms with E-state index in [9.17, 15) is 18.8 Å². The summed E-state index contributed by atoms with van der Waals surface area (Å²) in [7, 11) is 0. The summed E-state index contributed by atoms with van der Waals surface area (Å²) in [5.41, 5.74) is 1.17. The van der Waals surface area contributed by atoms with Crippen molar-refractivity contribution >= 4 is 46.4 Å². The number of hydrogen-bond acceptors (Lipinski definition) is 4. The van der Waals surface area contributed by atoms with Crippen molar-refractivity contribution in [3.63, 3.8) is 0 Å². The maximum atomic E-state index is 13.7. The molecule has 2 aromatic rings. The zero-order valence-electron chi connectivity index (χ0n) is 16.1. The molecule has 3 N–H and O–H groups in total. The van der Waals surface area contributed by atoms with E-state index >= 15 is 0 Å². The van der Waals surface area contributed by atoms with Gasteiger partial charge in [0.05, 0.1) is 18.8 Å². The quantitative estimate of drug-likeness (QED) is 0.611. The van der Waals surface area contributed by atoms with Crippen LogP contribution in [0.15, 0.2) is 42.5 Å². The molecule has 0 saturated carbocycles. The van der Waals surface area contributed by atoms with Gasteiger partial charge >= 0.3 is 0 Å². The van der Waals surface area contributed by atoms with Crippen LogP contribution in [-0.4, -0.2) is 42.3 Å². The summed E-state index contributed by atoms with van der Waals surface area (Å²) in [6.45, 7) is 3.56. The van der Waals surface area contributed by atoms with Crippen molar-refractivity contribution in [2.45, 2.75) is 13.8 Å². The molecule has 0 unspecified atom stereocenters. The van der Waals surface area contributed by atoms with E-state index < -0.39 is 11.7 Å². The van der Waals surface area contributed by atoms with Crippen molar-refractivity contribution in [1.82, 2.24) is 4.90 Å². The van der Waals surface area contributed by atoms with Crippen LogP contribution in [0.2, 0.25) is 5.02 Å². The first-order chi connectivity index (χ1) is 13.8. The summed E-state index contributed by atoms with van der Waals surface area (Å²) in [6, 6.07) is 10.5. The van der Waals surface area contributed by atoms with Gasteiger partial charge in [-0.3, -0.25) is 19.3 Å². The zero-order valence-corrected chi connectivity index (χ0v) is 16.8. The predicted octanol–water partition coefficient (Wildman–Crippen LogP) is 3.34. The van der Waals surface area contributed by atoms with Crippen LogP contribution in [-0.2, 0) is 14.4 Å². The number of carbonyl (C=O) groups is 3. The Hall–Kier alpha value is -2.97. The molecule has 0 atom stereocenters. The van der Waals surface area contributed by atoms with Crippen LogP contribution in [0.3, 0.4) is 0 Å². The highest BCUT2D eigenvalue weighted by Gasteiger charge is 2.15. The Morgan fingerprint density at radius 1 is 0.931 bits per heavy atom. The largest absolute Gasteiger partial charge is 0.326 e. The fourth-order valence-corrected chi connectivity index (χ4v) is 2.68. The lowest BCUT2D eigenvalue weighted by Gasteiger charge is -2.19. The van der Waals surface area contributed by atoms with Gasteiger partial charge in [-0.1, -0.05) is 18.5 Å². The summed E-state index contributed by atoms with van der Waals surface area (Å²) in [5, 5.41) is 8.12. The van der Waals surface area contributed by atoms with Gasteiger partial charge in [-0.25, -0.2) is 4.39 Å². The first kappa shape index (κ1) is 22.3. The minimum atomic E-state index is -0.591. The van der Waals surface area contributed by atoms with Gasteiger partial charge in [0, 0.05) is 23.3 Å². The summed E-state index contributed by atoms with van der Waals surface area (Å²) in [6.07, 6.45) is 0. The molecule has 29 heavy (non-hydrogen) atoms. The lowest BCUT2D eigenvalue weighted by molar-refractivity contribution is -0.120. The number of nitrogens with zero attached hydrogens (tertiary/aromatic N) is 1. The molecule has 3 amide bonds. The number of likely N-dealkylation sites (N-methyl/N-ethyl adjacent to an activating group) is 1. The Labute approximate surface area is 173 Å². The van der Waals surface area contributed by atoms with Crippen LogP contribution in [0.1, 0.15) is 13.8 Å². The van der Waals surface area contributed by atoms with Gasteiger partial charge in [-0.15, -0.1) is 0 Å². The van der Waals surface area contributed by atoms with E-state index in [1.54, 1.807) is 29.2 Å². The Bertz CT molecular complexity index is 890. The van der Waals surface area contributed by atoms with E-state index in [-0.39, 0.29) is 30.6 Å². The average Bonchev–Trinajstić information content (AvgIpc) is 2.65. The second-order valence-corrected chi connectivity index (χ2v) is 6.72. The van der Waals surface area contributed by atoms with Gasteiger partial charge in [0.15, 0.2) is 0 Å². The highest BCUT2D eigenvalue weighted by atomic mass is 35.5. The molecule has 0 spiro atoms. The molecule has 0 aliphatic rings. The summed E-state index contributed by atoms with van der Waals surface area (Å²) in [5.74, 6) is -1.54. The van der Waals surface area contributed by atoms with E-state index in [2.05, 4.69) is 16.0 Å². The molecule has 0 fully saturated rings. The van der Waals surface area contributed by atoms with E-state index in [1.165, 1.54) is 25.1 Å². The number of halogens is 2. The van der Waals surface area contributed by atoms with E-state index in [0.717, 1.165) is 0 Å². The number of anilines is 3. The highest BCUT2D eigenvalue weighted by Crippen LogP contribution is 2.19. The monoisotopic (exact) mass is 420 g/mol. The van der Waals surface area contributed by atoms with Crippen molar-refractivity contribution in [2.75, 3.05) is 35.6 Å². The van der Waals surface area contributed by atoms with Gasteiger partial charge < -0.3 is 16.0 Å². The Morgan fingerprint density at radius 3 is 2.03 bits per heavy atom. The van der Waals surface area contributed by atoms with Gasteiger partial charge in [0.25, 0.3) is 0 Å². The topological polar surface area (TPSA) is 90.5 Å². The van der Waals surface area contributed by atoms with Crippen molar-refractivity contribution in [1.29, 1.82) is 0 Å². The second kappa shape index (κ2) is 10.5. The third-order valence-corrected chi connectivity index (χ3v) is 4.11. The molecule has 0 heterocycles. The third-order valence-electron chi connectivity index (χ3n) is 3.87. The number of nitrogens with one attached hydrogen (secondary N) is 3. The minimum absolute atomic E-state index is 0.0118. The number of hydrogen-bond donors (Lipinski definition) is 3. The van der Waals surface area contributed by atoms with Crippen LogP contribution in [0.4, 0.5) is 21.5 Å². The molecule has 7 nitrogen and oxygen atoms in total. The summed E-state index contributed by atoms with van der Waals surface area (Å²) < 4.78 is 13.7. The molecule has 154 valence electrons. The van der Waals surface area contributed by atoms with Gasteiger partial charge in [0.1, 0.15) is 5.82 Å². The fraction of sp³-hybridized carbons (Fsp3) is 0.250. The van der Waals surface area contributed by atoms with Crippen LogP contribution < -0.4 is 16.0 Å². The van der Waals surface area contributed by atoms with Crippen molar-refractivity contribution in [2.24, 2.45) is 0 Å². The highest BCUT2D eigenvalue weighted by molar-refractivity contribution is 6.30. The first-order valence-electron chi connectivity index (χ1n) is 8.91. The molecule has 2 rings (SSSR count). The molecule has 0 aromatic heterocycles. The Balaban J connectivity index is 1.88. The molecule has 0 aliphatic carbocycles. The zero-order chi connectivity index (χ0) is 21.4. The first-order valence-corrected chi connectivity index (χ1v) is 9.29. The SMILES string of the molecule is CCN(CC(=O)Nc1ccc(NC(C)=O)cc1)CC(=O)Nc1cc(Cl)ccc1F. The number of amides is 3. The molecular formula is C20H22ClFN4O3. The summed E-state index contributed by atoms with van der Waals surface area (Å²) >= 11 is 5.81. The van der Waals surface area contributed by atoms with Gasteiger partial charge in [-0.2, -0.15) is 0 Å². The van der Waals surface area contributed by atoms with E-state index in [1.807, 2.05) is 6.92 Å². The maximum Gasteiger partial charge on any atom is 0.238 e. The standard InChI is InChI=1S/C20H22ClFN4O3/c1-3-26(12-20(29)25-18-10-14(21)4-9-17(18)22)11-19(28)24-16-7-5-15(6-8-16)23-13(2)27/h4-10H,3,11-12H2,1-2H3,(H,23,27)(H,24,28)(H,25,29). The molecular weight excluding hydrogens is 399 g/mol. The Morgan fingerprint density at radius 2 is 1.48 bits per heavy atom. The fourth-order valence-electron chi connectivity index (χ4n) is 2.51. The number of rotatable bonds is 8. The third kappa shape index (κ3) is 7.52. The van der Waals surface area contributed by atoms with E-state index in [0.29, 0.717) is 22.9 Å². The lowest BCUT2D eigenvalue weighted by Crippen LogP contribution is -2.38. The summed E-state index contributed by atoms with van der Waals surface area (Å²) in [4.78, 5) is 37.1. The lowest BCUT2D eigenvalue weighted by atomic mass is 10.2. The van der Waals surface area contributed by atoms with Crippen LogP contribution in [0.5, 0.6) is 0 Å². The number of carbonyl (C=O) groups excluding carboxylic acids is 3. The average molecular weight is 421 g/mol. The molecule has 0 aliphatic heterocycles. The minimum Gasteiger partial charge on any atom is -0.326 e. The van der Waals surface area contributed by atoms with Crippen molar-refractivity contribution < 1.29 is 18.8 Å². The van der Waals surface area contributed by atoms with Gasteiger partial charge in [0.2, 0.25) is 17.7 Å². The molecule has 2 aromatic carbocycles. The molecule has 0 bridgehead atoms. The predicted molar refractivity (Wildman–Crippen MR) is 112 cm³/mol. The molecule has 0 saturated heterocycles. The van der Waals surface area contributed by atoms with Crippen molar-refractivity contribution in [3.05, 3.63) is 53.3 Å². The van der Waals surface area contributed by atoms with Crippen LogP contribution in [0, 0.1) is 5.82 Å². The number of benzene rings is 2. The second-order valence-electron chi connectivity index (χ2n) is 6.28. The normalized spacial score (nSPS) is 10.5. The molecule has 9 heteroatoms. The maximum absolute atomic E-state index is 13.7. The van der Waals surface area contributed by atoms with Crippen molar-refractivity contribution in [3.8, 4) is 0 Å².